The van der Waals surface area contributed by atoms with Crippen molar-refractivity contribution in [2.75, 3.05) is 18.4 Å². The normalized spacial score (nSPS) is 15.7. The Hall–Kier alpha value is -2.80. The predicted molar refractivity (Wildman–Crippen MR) is 153 cm³/mol. The van der Waals surface area contributed by atoms with E-state index < -0.39 is 5.60 Å². The Balaban J connectivity index is 1.80. The molecule has 3 rings (SSSR count). The van der Waals surface area contributed by atoms with Crippen LogP contribution in [-0.2, 0) is 17.6 Å². The maximum atomic E-state index is 13.8. The monoisotopic (exact) mass is 570 g/mol. The Bertz CT molecular complexity index is 1250. The summed E-state index contributed by atoms with van der Waals surface area (Å²) in [4.78, 5) is 31.3. The van der Waals surface area contributed by atoms with Gasteiger partial charge in [-0.1, -0.05) is 48.5 Å². The number of alkyl halides is 1. The number of nitrogens with one attached hydrogen (secondary N) is 1. The van der Waals surface area contributed by atoms with E-state index in [-0.39, 0.29) is 18.0 Å². The van der Waals surface area contributed by atoms with Crippen molar-refractivity contribution < 1.29 is 19.1 Å². The molecule has 1 saturated heterocycles. The number of amides is 1. The molecule has 37 heavy (non-hydrogen) atoms. The minimum Gasteiger partial charge on any atom is -0.490 e. The van der Waals surface area contributed by atoms with E-state index >= 15 is 0 Å². The number of ketones is 1. The number of hydrogen-bond acceptors (Lipinski definition) is 4. The molecule has 6 nitrogen and oxygen atoms in total. The van der Waals surface area contributed by atoms with Crippen LogP contribution in [-0.4, -0.2) is 51.9 Å². The Morgan fingerprint density at radius 2 is 1.89 bits per heavy atom. The quantitative estimate of drug-likeness (QED) is 0.345. The van der Waals surface area contributed by atoms with Gasteiger partial charge in [-0.3, -0.25) is 4.79 Å². The Morgan fingerprint density at radius 1 is 1.19 bits per heavy atom. The van der Waals surface area contributed by atoms with Crippen molar-refractivity contribution in [3.05, 3.63) is 63.8 Å². The van der Waals surface area contributed by atoms with E-state index in [9.17, 15) is 9.59 Å². The lowest BCUT2D eigenvalue weighted by Gasteiger charge is -2.33. The third kappa shape index (κ3) is 7.16. The fraction of sp³-hybridized carbons (Fsp3) is 0.467. The number of ether oxygens (including phenoxy) is 2. The molecule has 2 heterocycles. The number of carbonyl (C=O) groups excluding carboxylic acids is 2. The van der Waals surface area contributed by atoms with Crippen LogP contribution in [0.4, 0.5) is 4.79 Å². The first-order valence-electron chi connectivity index (χ1n) is 13.0. The standard InChI is InChI=1S/C30H39BrN2O4/c1-7-10-24-26(13-16-31)32-25(9-3)27(24)28(34)23-12-11-22(19-20(23)8-2)36-21-14-17-33(18-15-21)29(35)37-30(4,5)6/h7,10-13,19,21,32H,1,8-9,14-18H2,2-6H3/b24-10+,26-13+. The molecule has 0 saturated carbocycles. The highest BCUT2D eigenvalue weighted by Crippen LogP contribution is 2.25. The van der Waals surface area contributed by atoms with Gasteiger partial charge in [0, 0.05) is 53.1 Å². The first-order chi connectivity index (χ1) is 17.6. The van der Waals surface area contributed by atoms with Crippen LogP contribution < -0.4 is 15.3 Å². The summed E-state index contributed by atoms with van der Waals surface area (Å²) >= 11 is 3.46. The first-order valence-corrected chi connectivity index (χ1v) is 14.2. The van der Waals surface area contributed by atoms with Crippen molar-refractivity contribution in [2.24, 2.45) is 0 Å². The maximum absolute atomic E-state index is 13.8. The number of piperidine rings is 1. The second kappa shape index (κ2) is 12.6. The molecular formula is C30H39BrN2O4. The number of halogens is 1. The summed E-state index contributed by atoms with van der Waals surface area (Å²) in [6.07, 6.45) is 8.27. The number of hydrogen-bond donors (Lipinski definition) is 1. The van der Waals surface area contributed by atoms with Gasteiger partial charge in [-0.25, -0.2) is 4.79 Å². The van der Waals surface area contributed by atoms with Gasteiger partial charge in [0.25, 0.3) is 0 Å². The second-order valence-electron chi connectivity index (χ2n) is 10.2. The SMILES string of the molecule is C=C/C=c1/c(C(=O)c2ccc(OC3CCN(C(=O)OC(C)(C)C)CC3)cc2CC)c(CC)[nH]/c1=C/CBr. The minimum atomic E-state index is -0.503. The number of carbonyl (C=O) groups is 2. The van der Waals surface area contributed by atoms with Crippen LogP contribution in [0.25, 0.3) is 12.2 Å². The maximum Gasteiger partial charge on any atom is 0.410 e. The van der Waals surface area contributed by atoms with E-state index in [4.69, 9.17) is 9.47 Å². The second-order valence-corrected chi connectivity index (χ2v) is 10.9. The number of allylic oxidation sites excluding steroid dienone is 1. The summed E-state index contributed by atoms with van der Waals surface area (Å²) in [6.45, 7) is 14.8. The van der Waals surface area contributed by atoms with Gasteiger partial charge < -0.3 is 19.4 Å². The van der Waals surface area contributed by atoms with Crippen LogP contribution in [0.3, 0.4) is 0 Å². The van der Waals surface area contributed by atoms with Gasteiger partial charge in [0.15, 0.2) is 5.78 Å². The van der Waals surface area contributed by atoms with Crippen molar-refractivity contribution in [1.29, 1.82) is 0 Å². The number of aromatic nitrogens is 1. The fourth-order valence-corrected chi connectivity index (χ4v) is 4.93. The summed E-state index contributed by atoms with van der Waals surface area (Å²) in [5.74, 6) is 0.754. The van der Waals surface area contributed by atoms with Gasteiger partial charge in [-0.05, 0) is 63.5 Å². The molecule has 0 bridgehead atoms. The molecular weight excluding hydrogens is 532 g/mol. The third-order valence-corrected chi connectivity index (χ3v) is 6.72. The van der Waals surface area contributed by atoms with Gasteiger partial charge in [0.1, 0.15) is 17.5 Å². The number of rotatable bonds is 8. The van der Waals surface area contributed by atoms with E-state index in [2.05, 4.69) is 27.5 Å². The number of H-pyrrole nitrogens is 1. The molecule has 0 unspecified atom stereocenters. The van der Waals surface area contributed by atoms with Gasteiger partial charge >= 0.3 is 6.09 Å². The summed E-state index contributed by atoms with van der Waals surface area (Å²) in [6, 6.07) is 5.74. The number of benzene rings is 1. The summed E-state index contributed by atoms with van der Waals surface area (Å²) in [5, 5.41) is 2.48. The van der Waals surface area contributed by atoms with Crippen LogP contribution in [0.1, 0.15) is 74.6 Å². The van der Waals surface area contributed by atoms with Gasteiger partial charge in [-0.2, -0.15) is 0 Å². The van der Waals surface area contributed by atoms with Crippen molar-refractivity contribution in [1.82, 2.24) is 9.88 Å². The molecule has 200 valence electrons. The molecule has 2 aromatic rings. The lowest BCUT2D eigenvalue weighted by molar-refractivity contribution is 0.0126. The van der Waals surface area contributed by atoms with Gasteiger partial charge in [0.05, 0.1) is 5.56 Å². The molecule has 1 aromatic heterocycles. The summed E-state index contributed by atoms with van der Waals surface area (Å²) < 4.78 is 11.8. The molecule has 1 fully saturated rings. The van der Waals surface area contributed by atoms with Gasteiger partial charge in [-0.15, -0.1) is 0 Å². The van der Waals surface area contributed by atoms with Crippen molar-refractivity contribution >= 4 is 40.0 Å². The van der Waals surface area contributed by atoms with Crippen LogP contribution >= 0.6 is 15.9 Å². The minimum absolute atomic E-state index is 0.00416. The Kier molecular flexibility index (Phi) is 9.82. The molecule has 1 aliphatic rings. The van der Waals surface area contributed by atoms with Crippen LogP contribution in [0.5, 0.6) is 5.75 Å². The molecule has 1 N–H and O–H groups in total. The van der Waals surface area contributed by atoms with E-state index in [0.29, 0.717) is 36.0 Å². The first kappa shape index (κ1) is 28.8. The third-order valence-electron chi connectivity index (χ3n) is 6.39. The highest BCUT2D eigenvalue weighted by atomic mass is 79.9. The molecule has 0 atom stereocenters. The van der Waals surface area contributed by atoms with E-state index in [1.54, 1.807) is 11.0 Å². The highest BCUT2D eigenvalue weighted by molar-refractivity contribution is 9.09. The van der Waals surface area contributed by atoms with Crippen LogP contribution in [0.15, 0.2) is 30.9 Å². The summed E-state index contributed by atoms with van der Waals surface area (Å²) in [7, 11) is 0. The number of aromatic amines is 1. The molecule has 0 spiro atoms. The van der Waals surface area contributed by atoms with Crippen LogP contribution in [0, 0.1) is 0 Å². The molecule has 1 aliphatic heterocycles. The van der Waals surface area contributed by atoms with Crippen molar-refractivity contribution in [2.45, 2.75) is 72.0 Å². The zero-order valence-corrected chi connectivity index (χ0v) is 24.2. The van der Waals surface area contributed by atoms with E-state index in [0.717, 1.165) is 46.8 Å². The number of nitrogens with zero attached hydrogens (tertiary/aromatic N) is 1. The van der Waals surface area contributed by atoms with Crippen molar-refractivity contribution in [3.8, 4) is 5.75 Å². The Morgan fingerprint density at radius 3 is 2.46 bits per heavy atom. The highest BCUT2D eigenvalue weighted by Gasteiger charge is 2.28. The largest absolute Gasteiger partial charge is 0.490 e. The van der Waals surface area contributed by atoms with E-state index in [1.165, 1.54) is 0 Å². The lowest BCUT2D eigenvalue weighted by atomic mass is 9.95. The molecule has 1 amide bonds. The van der Waals surface area contributed by atoms with Crippen LogP contribution in [0.2, 0.25) is 0 Å². The zero-order valence-electron chi connectivity index (χ0n) is 22.7. The van der Waals surface area contributed by atoms with Crippen molar-refractivity contribution in [3.63, 3.8) is 0 Å². The predicted octanol–water partition coefficient (Wildman–Crippen LogP) is 5.29. The zero-order chi connectivity index (χ0) is 27.2. The number of likely N-dealkylation sites (tertiary alicyclic amines) is 1. The smallest absolute Gasteiger partial charge is 0.410 e. The molecule has 0 aliphatic carbocycles. The Labute approximate surface area is 228 Å². The fourth-order valence-electron chi connectivity index (χ4n) is 4.61. The average Bonchev–Trinajstić information content (AvgIpc) is 3.20. The van der Waals surface area contributed by atoms with Gasteiger partial charge in [0.2, 0.25) is 0 Å². The molecule has 1 aromatic carbocycles. The van der Waals surface area contributed by atoms with E-state index in [1.807, 2.05) is 65.0 Å². The lowest BCUT2D eigenvalue weighted by Crippen LogP contribution is -2.44. The molecule has 0 radical (unpaired) electrons. The topological polar surface area (TPSA) is 71.6 Å². The number of aryl methyl sites for hydroxylation is 2. The molecule has 7 heteroatoms. The average molecular weight is 572 g/mol. The summed E-state index contributed by atoms with van der Waals surface area (Å²) in [5.41, 5.74) is 2.76.